The van der Waals surface area contributed by atoms with E-state index in [0.29, 0.717) is 18.0 Å². The molecule has 1 aromatic heterocycles. The molecule has 0 unspecified atom stereocenters. The number of hydrogen-bond donors (Lipinski definition) is 2. The van der Waals surface area contributed by atoms with Crippen LogP contribution < -0.4 is 10.9 Å². The Kier molecular flexibility index (Phi) is 6.74. The summed E-state index contributed by atoms with van der Waals surface area (Å²) in [6.45, 7) is 0.999. The number of aryl methyl sites for hydroxylation is 2. The predicted octanol–water partition coefficient (Wildman–Crippen LogP) is 3.27. The van der Waals surface area contributed by atoms with Gasteiger partial charge in [0, 0.05) is 23.5 Å². The molecular weight excluding hydrogens is 434 g/mol. The number of sulfonamides is 1. The van der Waals surface area contributed by atoms with E-state index in [9.17, 15) is 18.0 Å². The van der Waals surface area contributed by atoms with E-state index in [2.05, 4.69) is 10.9 Å². The van der Waals surface area contributed by atoms with Gasteiger partial charge in [0.25, 0.3) is 11.8 Å². The van der Waals surface area contributed by atoms with E-state index in [1.807, 2.05) is 6.07 Å². The topological polar surface area (TPSA) is 95.6 Å². The largest absolute Gasteiger partial charge is 0.279 e. The van der Waals surface area contributed by atoms with Crippen molar-refractivity contribution in [1.29, 1.82) is 0 Å². The molecule has 7 nitrogen and oxygen atoms in total. The van der Waals surface area contributed by atoms with Crippen molar-refractivity contribution in [2.75, 3.05) is 13.1 Å². The summed E-state index contributed by atoms with van der Waals surface area (Å²) in [5.74, 6) is -0.910. The molecule has 2 N–H and O–H groups in total. The Morgan fingerprint density at radius 1 is 0.871 bits per heavy atom. The van der Waals surface area contributed by atoms with Crippen LogP contribution in [-0.2, 0) is 22.9 Å². The molecule has 1 aromatic carbocycles. The van der Waals surface area contributed by atoms with Gasteiger partial charge in [0.2, 0.25) is 10.0 Å². The molecule has 31 heavy (non-hydrogen) atoms. The van der Waals surface area contributed by atoms with Gasteiger partial charge >= 0.3 is 0 Å². The Labute approximate surface area is 186 Å². The Balaban J connectivity index is 1.41. The number of hydrogen-bond acceptors (Lipinski definition) is 5. The normalized spacial score (nSPS) is 17.4. The number of amides is 2. The van der Waals surface area contributed by atoms with Gasteiger partial charge in [0.15, 0.2) is 0 Å². The van der Waals surface area contributed by atoms with Crippen LogP contribution in [0.2, 0.25) is 0 Å². The molecule has 0 saturated carbocycles. The van der Waals surface area contributed by atoms with E-state index < -0.39 is 15.9 Å². The third-order valence-electron chi connectivity index (χ3n) is 5.81. The van der Waals surface area contributed by atoms with Crippen LogP contribution in [0.5, 0.6) is 0 Å². The first-order valence-electron chi connectivity index (χ1n) is 10.8. The molecule has 0 bridgehead atoms. The molecule has 2 amide bonds. The number of nitrogens with one attached hydrogen (secondary N) is 2. The SMILES string of the molecule is O=C(NNC(=O)c1cc2c(s1)CCCCCC2)c1cccc(S(=O)(=O)N2CCCC2)c1. The van der Waals surface area contributed by atoms with E-state index in [0.717, 1.165) is 38.5 Å². The molecule has 1 saturated heterocycles. The zero-order valence-corrected chi connectivity index (χ0v) is 19.0. The average molecular weight is 462 g/mol. The van der Waals surface area contributed by atoms with Gasteiger partial charge < -0.3 is 0 Å². The number of benzene rings is 1. The van der Waals surface area contributed by atoms with Crippen molar-refractivity contribution in [1.82, 2.24) is 15.2 Å². The van der Waals surface area contributed by atoms with Crippen LogP contribution in [0, 0.1) is 0 Å². The lowest BCUT2D eigenvalue weighted by Gasteiger charge is -2.16. The van der Waals surface area contributed by atoms with Gasteiger partial charge in [-0.2, -0.15) is 4.31 Å². The van der Waals surface area contributed by atoms with Crippen molar-refractivity contribution < 1.29 is 18.0 Å². The van der Waals surface area contributed by atoms with Gasteiger partial charge in [-0.3, -0.25) is 20.4 Å². The van der Waals surface area contributed by atoms with Gasteiger partial charge in [-0.25, -0.2) is 8.42 Å². The van der Waals surface area contributed by atoms with Crippen molar-refractivity contribution in [3.05, 3.63) is 51.2 Å². The molecule has 1 aliphatic heterocycles. The molecule has 9 heteroatoms. The maximum Gasteiger partial charge on any atom is 0.279 e. The fourth-order valence-electron chi connectivity index (χ4n) is 4.08. The van der Waals surface area contributed by atoms with Gasteiger partial charge in [-0.05, 0) is 68.4 Å². The summed E-state index contributed by atoms with van der Waals surface area (Å²) in [4.78, 5) is 27.0. The van der Waals surface area contributed by atoms with Crippen LogP contribution in [0.25, 0.3) is 0 Å². The summed E-state index contributed by atoms with van der Waals surface area (Å²) in [6.07, 6.45) is 8.40. The number of hydrazine groups is 1. The highest BCUT2D eigenvalue weighted by atomic mass is 32.2. The molecule has 1 aliphatic carbocycles. The quantitative estimate of drug-likeness (QED) is 0.683. The minimum absolute atomic E-state index is 0.0893. The number of fused-ring (bicyclic) bond motifs is 1. The fraction of sp³-hybridized carbons (Fsp3) is 0.455. The third kappa shape index (κ3) is 4.99. The Bertz CT molecular complexity index is 1050. The summed E-state index contributed by atoms with van der Waals surface area (Å²) in [6, 6.07) is 7.84. The Morgan fingerprint density at radius 2 is 1.58 bits per heavy atom. The number of carbonyl (C=O) groups is 2. The van der Waals surface area contributed by atoms with Crippen LogP contribution >= 0.6 is 11.3 Å². The molecule has 2 aromatic rings. The van der Waals surface area contributed by atoms with E-state index in [4.69, 9.17) is 0 Å². The maximum absolute atomic E-state index is 12.7. The monoisotopic (exact) mass is 461 g/mol. The van der Waals surface area contributed by atoms with Crippen LogP contribution in [0.4, 0.5) is 0 Å². The first-order chi connectivity index (χ1) is 14.9. The lowest BCUT2D eigenvalue weighted by Crippen LogP contribution is -2.41. The summed E-state index contributed by atoms with van der Waals surface area (Å²) in [7, 11) is -3.61. The number of nitrogens with zero attached hydrogens (tertiary/aromatic N) is 1. The highest BCUT2D eigenvalue weighted by Crippen LogP contribution is 2.28. The second-order valence-electron chi connectivity index (χ2n) is 8.02. The molecule has 0 spiro atoms. The fourth-order valence-corrected chi connectivity index (χ4v) is 6.79. The zero-order chi connectivity index (χ0) is 21.8. The minimum Gasteiger partial charge on any atom is -0.267 e. The lowest BCUT2D eigenvalue weighted by molar-refractivity contribution is 0.0848. The van der Waals surface area contributed by atoms with Crippen LogP contribution in [-0.4, -0.2) is 37.6 Å². The number of rotatable bonds is 4. The van der Waals surface area contributed by atoms with Crippen molar-refractivity contribution >= 4 is 33.2 Å². The second kappa shape index (κ2) is 9.50. The first-order valence-corrected chi connectivity index (χ1v) is 13.0. The van der Waals surface area contributed by atoms with Gasteiger partial charge in [-0.1, -0.05) is 18.9 Å². The van der Waals surface area contributed by atoms with E-state index in [1.54, 1.807) is 6.07 Å². The van der Waals surface area contributed by atoms with Crippen LogP contribution in [0.1, 0.15) is 69.0 Å². The smallest absolute Gasteiger partial charge is 0.267 e. The van der Waals surface area contributed by atoms with Gasteiger partial charge in [-0.15, -0.1) is 11.3 Å². The van der Waals surface area contributed by atoms with Crippen LogP contribution in [0.15, 0.2) is 35.2 Å². The maximum atomic E-state index is 12.7. The summed E-state index contributed by atoms with van der Waals surface area (Å²) in [5.41, 5.74) is 6.29. The standard InChI is InChI=1S/C22H27N3O4S2/c26-21(17-9-7-10-18(14-17)31(28,29)25-12-5-6-13-25)23-24-22(27)20-15-16-8-3-1-2-4-11-19(16)30-20/h7,9-10,14-15H,1-6,8,11-13H2,(H,23,26)(H,24,27). The zero-order valence-electron chi connectivity index (χ0n) is 17.4. The number of thiophene rings is 1. The summed E-state index contributed by atoms with van der Waals surface area (Å²) in [5, 5.41) is 0. The first kappa shape index (κ1) is 22.0. The Hall–Kier alpha value is -2.23. The summed E-state index contributed by atoms with van der Waals surface area (Å²) < 4.78 is 26.9. The second-order valence-corrected chi connectivity index (χ2v) is 11.1. The lowest BCUT2D eigenvalue weighted by atomic mass is 10.00. The van der Waals surface area contributed by atoms with Crippen molar-refractivity contribution in [2.45, 2.75) is 56.3 Å². The highest BCUT2D eigenvalue weighted by molar-refractivity contribution is 7.89. The Morgan fingerprint density at radius 3 is 2.35 bits per heavy atom. The van der Waals surface area contributed by atoms with Crippen molar-refractivity contribution in [3.8, 4) is 0 Å². The van der Waals surface area contributed by atoms with Gasteiger partial charge in [0.1, 0.15) is 0 Å². The molecule has 2 aliphatic rings. The molecule has 2 heterocycles. The molecule has 0 atom stereocenters. The van der Waals surface area contributed by atoms with Crippen LogP contribution in [0.3, 0.4) is 0 Å². The van der Waals surface area contributed by atoms with E-state index >= 15 is 0 Å². The highest BCUT2D eigenvalue weighted by Gasteiger charge is 2.27. The number of carbonyl (C=O) groups excluding carboxylic acids is 2. The van der Waals surface area contributed by atoms with Gasteiger partial charge in [0.05, 0.1) is 9.77 Å². The third-order valence-corrected chi connectivity index (χ3v) is 8.94. The predicted molar refractivity (Wildman–Crippen MR) is 120 cm³/mol. The molecule has 166 valence electrons. The molecule has 0 radical (unpaired) electrons. The molecule has 1 fully saturated rings. The minimum atomic E-state index is -3.61. The average Bonchev–Trinajstić information content (AvgIpc) is 3.43. The molecule has 4 rings (SSSR count). The molecular formula is C22H27N3O4S2. The van der Waals surface area contributed by atoms with E-state index in [-0.39, 0.29) is 16.4 Å². The van der Waals surface area contributed by atoms with Crippen molar-refractivity contribution in [3.63, 3.8) is 0 Å². The summed E-state index contributed by atoms with van der Waals surface area (Å²) >= 11 is 1.49. The van der Waals surface area contributed by atoms with Crippen molar-refractivity contribution in [2.24, 2.45) is 0 Å². The van der Waals surface area contributed by atoms with E-state index in [1.165, 1.54) is 57.1 Å².